The van der Waals surface area contributed by atoms with Crippen molar-refractivity contribution >= 4 is 52.0 Å². The molecule has 0 aromatic heterocycles. The van der Waals surface area contributed by atoms with E-state index >= 15 is 0 Å². The molecule has 0 spiro atoms. The standard InChI is InChI=1S/C28H21ClFN3O3S/c1-2-35-24-14-17(13-21(29)25(24)36-15-19-10-6-7-11-22(19)30)12-20-26(31)33-23(18-8-4-3-5-9-18)16-37-28(33)32-27(20)34/h3-14,16,31H,2,15H2,1H3/b20-12-,31-26?. The van der Waals surface area contributed by atoms with Gasteiger partial charge in [0.05, 0.1) is 22.9 Å². The summed E-state index contributed by atoms with van der Waals surface area (Å²) in [6.45, 7) is 2.12. The molecular formula is C28H21ClFN3O3S. The first-order valence-electron chi connectivity index (χ1n) is 11.4. The lowest BCUT2D eigenvalue weighted by Crippen LogP contribution is -2.38. The van der Waals surface area contributed by atoms with Crippen molar-refractivity contribution in [2.45, 2.75) is 13.5 Å². The molecule has 1 amide bonds. The molecule has 3 aromatic carbocycles. The minimum Gasteiger partial charge on any atom is -0.490 e. The first-order chi connectivity index (χ1) is 18.0. The van der Waals surface area contributed by atoms with Crippen LogP contribution in [0.3, 0.4) is 0 Å². The van der Waals surface area contributed by atoms with E-state index in [2.05, 4.69) is 4.99 Å². The molecule has 0 saturated heterocycles. The number of rotatable bonds is 7. The van der Waals surface area contributed by atoms with Gasteiger partial charge >= 0.3 is 0 Å². The van der Waals surface area contributed by atoms with Crippen LogP contribution in [0.2, 0.25) is 5.02 Å². The number of carbonyl (C=O) groups excluding carboxylic acids is 1. The van der Waals surface area contributed by atoms with E-state index < -0.39 is 5.91 Å². The molecule has 0 saturated carbocycles. The zero-order valence-corrected chi connectivity index (χ0v) is 21.3. The van der Waals surface area contributed by atoms with E-state index in [4.69, 9.17) is 26.5 Å². The average Bonchev–Trinajstić information content (AvgIpc) is 3.31. The highest BCUT2D eigenvalue weighted by Crippen LogP contribution is 2.40. The maximum Gasteiger partial charge on any atom is 0.283 e. The maximum atomic E-state index is 14.0. The van der Waals surface area contributed by atoms with Gasteiger partial charge in [0.25, 0.3) is 5.91 Å². The van der Waals surface area contributed by atoms with Gasteiger partial charge in [-0.25, -0.2) is 4.39 Å². The molecule has 0 radical (unpaired) electrons. The summed E-state index contributed by atoms with van der Waals surface area (Å²) in [5.41, 5.74) is 2.73. The summed E-state index contributed by atoms with van der Waals surface area (Å²) in [5, 5.41) is 11.4. The highest BCUT2D eigenvalue weighted by atomic mass is 35.5. The lowest BCUT2D eigenvalue weighted by Gasteiger charge is -2.27. The number of ether oxygens (including phenoxy) is 2. The second-order valence-corrected chi connectivity index (χ2v) is 9.32. The minimum atomic E-state index is -0.513. The van der Waals surface area contributed by atoms with Gasteiger partial charge < -0.3 is 9.47 Å². The third-order valence-corrected chi connectivity index (χ3v) is 6.76. The van der Waals surface area contributed by atoms with Crippen molar-refractivity contribution in [3.05, 3.63) is 105 Å². The van der Waals surface area contributed by atoms with Crippen LogP contribution in [0.5, 0.6) is 11.5 Å². The molecular weight excluding hydrogens is 513 g/mol. The van der Waals surface area contributed by atoms with Crippen LogP contribution in [-0.2, 0) is 11.4 Å². The molecule has 0 unspecified atom stereocenters. The Morgan fingerprint density at radius 1 is 1.11 bits per heavy atom. The van der Waals surface area contributed by atoms with E-state index in [1.165, 1.54) is 17.8 Å². The van der Waals surface area contributed by atoms with Crippen molar-refractivity contribution in [1.82, 2.24) is 4.90 Å². The zero-order valence-electron chi connectivity index (χ0n) is 19.7. The number of fused-ring (bicyclic) bond motifs is 1. The second-order valence-electron chi connectivity index (χ2n) is 8.07. The molecule has 0 aliphatic carbocycles. The first-order valence-corrected chi connectivity index (χ1v) is 12.7. The van der Waals surface area contributed by atoms with E-state index in [0.29, 0.717) is 28.7 Å². The predicted molar refractivity (Wildman–Crippen MR) is 145 cm³/mol. The van der Waals surface area contributed by atoms with Crippen molar-refractivity contribution < 1.29 is 18.7 Å². The molecule has 3 aromatic rings. The van der Waals surface area contributed by atoms with Gasteiger partial charge in [0, 0.05) is 11.0 Å². The van der Waals surface area contributed by atoms with Gasteiger partial charge in [-0.05, 0) is 42.3 Å². The second kappa shape index (κ2) is 10.6. The van der Waals surface area contributed by atoms with E-state index in [-0.39, 0.29) is 34.6 Å². The molecule has 9 heteroatoms. The summed E-state index contributed by atoms with van der Waals surface area (Å²) < 4.78 is 25.6. The van der Waals surface area contributed by atoms with Crippen LogP contribution in [0.1, 0.15) is 23.6 Å². The van der Waals surface area contributed by atoms with Crippen molar-refractivity contribution in [3.8, 4) is 11.5 Å². The normalized spacial score (nSPS) is 16.0. The summed E-state index contributed by atoms with van der Waals surface area (Å²) in [4.78, 5) is 18.7. The van der Waals surface area contributed by atoms with Gasteiger partial charge in [-0.2, -0.15) is 4.99 Å². The van der Waals surface area contributed by atoms with Crippen LogP contribution >= 0.6 is 23.4 Å². The van der Waals surface area contributed by atoms with E-state index in [9.17, 15) is 9.18 Å². The molecule has 2 aliphatic rings. The van der Waals surface area contributed by atoms with Gasteiger partial charge in [-0.1, -0.05) is 71.9 Å². The van der Waals surface area contributed by atoms with Gasteiger partial charge in [0.1, 0.15) is 18.3 Å². The summed E-state index contributed by atoms with van der Waals surface area (Å²) >= 11 is 7.85. The number of nitrogens with zero attached hydrogens (tertiary/aromatic N) is 2. The molecule has 37 heavy (non-hydrogen) atoms. The van der Waals surface area contributed by atoms with E-state index in [0.717, 1.165) is 11.3 Å². The van der Waals surface area contributed by atoms with Crippen LogP contribution in [0.4, 0.5) is 4.39 Å². The molecule has 5 rings (SSSR count). The Labute approximate surface area is 222 Å². The van der Waals surface area contributed by atoms with Crippen LogP contribution < -0.4 is 9.47 Å². The molecule has 0 atom stereocenters. The summed E-state index contributed by atoms with van der Waals surface area (Å²) in [5.74, 6) is -0.260. The van der Waals surface area contributed by atoms with E-state index in [1.54, 1.807) is 41.3 Å². The molecule has 0 bridgehead atoms. The first kappa shape index (κ1) is 24.8. The number of hydrogen-bond donors (Lipinski definition) is 1. The molecule has 2 heterocycles. The fourth-order valence-electron chi connectivity index (χ4n) is 3.92. The SMILES string of the molecule is CCOc1cc(/C=C2/C(=N)N3C(c4ccccc4)=CSC3=NC2=O)cc(Cl)c1OCc1ccccc1F. The fraction of sp³-hybridized carbons (Fsp3) is 0.107. The number of carbonyl (C=O) groups is 1. The minimum absolute atomic E-state index is 0.0177. The predicted octanol–water partition coefficient (Wildman–Crippen LogP) is 6.76. The topological polar surface area (TPSA) is 75.0 Å². The molecule has 186 valence electrons. The van der Waals surface area contributed by atoms with Crippen LogP contribution in [-0.4, -0.2) is 28.4 Å². The van der Waals surface area contributed by atoms with Crippen LogP contribution in [0.15, 0.2) is 82.7 Å². The molecule has 1 N–H and O–H groups in total. The Morgan fingerprint density at radius 3 is 2.62 bits per heavy atom. The third kappa shape index (κ3) is 5.03. The number of halogens is 2. The Kier molecular flexibility index (Phi) is 7.12. The number of thioether (sulfide) groups is 1. The van der Waals surface area contributed by atoms with Gasteiger partial charge in [-0.15, -0.1) is 0 Å². The number of nitrogens with one attached hydrogen (secondary N) is 1. The molecule has 2 aliphatic heterocycles. The summed E-state index contributed by atoms with van der Waals surface area (Å²) in [6, 6.07) is 19.2. The van der Waals surface area contributed by atoms with Crippen molar-refractivity contribution in [2.75, 3.05) is 6.61 Å². The number of benzene rings is 3. The van der Waals surface area contributed by atoms with Crippen molar-refractivity contribution in [3.63, 3.8) is 0 Å². The van der Waals surface area contributed by atoms with Crippen LogP contribution in [0.25, 0.3) is 11.8 Å². The van der Waals surface area contributed by atoms with Crippen LogP contribution in [0, 0.1) is 11.2 Å². The number of aliphatic imine (C=N–C) groups is 1. The summed E-state index contributed by atoms with van der Waals surface area (Å²) in [6.07, 6.45) is 1.56. The lowest BCUT2D eigenvalue weighted by atomic mass is 10.1. The zero-order chi connectivity index (χ0) is 25.9. The number of amides is 1. The largest absolute Gasteiger partial charge is 0.490 e. The third-order valence-electron chi connectivity index (χ3n) is 5.66. The molecule has 6 nitrogen and oxygen atoms in total. The van der Waals surface area contributed by atoms with Gasteiger partial charge in [-0.3, -0.25) is 15.1 Å². The monoisotopic (exact) mass is 533 g/mol. The Balaban J connectivity index is 1.46. The highest BCUT2D eigenvalue weighted by molar-refractivity contribution is 8.17. The van der Waals surface area contributed by atoms with Crippen molar-refractivity contribution in [1.29, 1.82) is 5.41 Å². The number of amidine groups is 2. The highest BCUT2D eigenvalue weighted by Gasteiger charge is 2.36. The fourth-order valence-corrected chi connectivity index (χ4v) is 5.08. The van der Waals surface area contributed by atoms with E-state index in [1.807, 2.05) is 42.7 Å². The maximum absolute atomic E-state index is 14.0. The smallest absolute Gasteiger partial charge is 0.283 e. The lowest BCUT2D eigenvalue weighted by molar-refractivity contribution is -0.114. The quantitative estimate of drug-likeness (QED) is 0.339. The molecule has 0 fully saturated rings. The van der Waals surface area contributed by atoms with Gasteiger partial charge in [0.2, 0.25) is 0 Å². The number of hydrogen-bond acceptors (Lipinski definition) is 5. The van der Waals surface area contributed by atoms with Gasteiger partial charge in [0.15, 0.2) is 16.7 Å². The Morgan fingerprint density at radius 2 is 1.86 bits per heavy atom. The van der Waals surface area contributed by atoms with Crippen molar-refractivity contribution in [2.24, 2.45) is 4.99 Å². The Bertz CT molecular complexity index is 1490. The summed E-state index contributed by atoms with van der Waals surface area (Å²) in [7, 11) is 0. The average molecular weight is 534 g/mol. The Hall–Kier alpha value is -3.88.